The van der Waals surface area contributed by atoms with E-state index in [0.717, 1.165) is 15.8 Å². The highest BCUT2D eigenvalue weighted by atomic mass is 79.9. The van der Waals surface area contributed by atoms with Gasteiger partial charge in [-0.15, -0.1) is 0 Å². The number of carbonyl (C=O) groups is 1. The van der Waals surface area contributed by atoms with E-state index >= 15 is 0 Å². The third-order valence-corrected chi connectivity index (χ3v) is 3.84. The van der Waals surface area contributed by atoms with Crippen LogP contribution in [0, 0.1) is 6.92 Å². The number of ketones is 1. The summed E-state index contributed by atoms with van der Waals surface area (Å²) in [4.78, 5) is 12.6. The Morgan fingerprint density at radius 3 is 2.55 bits per heavy atom. The maximum absolute atomic E-state index is 12.6. The van der Waals surface area contributed by atoms with Crippen LogP contribution in [0.3, 0.4) is 0 Å². The summed E-state index contributed by atoms with van der Waals surface area (Å²) in [6.45, 7) is 5.87. The molecule has 104 valence electrons. The minimum absolute atomic E-state index is 0.0120. The summed E-state index contributed by atoms with van der Waals surface area (Å²) >= 11 is 3.46. The van der Waals surface area contributed by atoms with Crippen molar-refractivity contribution in [2.45, 2.75) is 26.9 Å². The Morgan fingerprint density at radius 1 is 1.15 bits per heavy atom. The highest BCUT2D eigenvalue weighted by molar-refractivity contribution is 9.10. The highest BCUT2D eigenvalue weighted by Crippen LogP contribution is 2.23. The van der Waals surface area contributed by atoms with Crippen LogP contribution in [-0.4, -0.2) is 11.9 Å². The molecule has 2 nitrogen and oxygen atoms in total. The Kier molecular flexibility index (Phi) is 4.61. The SMILES string of the molecule is Cc1c(Br)cccc1C(=O)c1cccc(OC(C)C)c1. The molecule has 2 aromatic rings. The molecule has 0 heterocycles. The van der Waals surface area contributed by atoms with E-state index in [0.29, 0.717) is 11.1 Å². The Hall–Kier alpha value is -1.61. The van der Waals surface area contributed by atoms with Gasteiger partial charge in [0.25, 0.3) is 0 Å². The minimum Gasteiger partial charge on any atom is -0.491 e. The highest BCUT2D eigenvalue weighted by Gasteiger charge is 2.14. The van der Waals surface area contributed by atoms with Crippen LogP contribution in [0.5, 0.6) is 5.75 Å². The zero-order chi connectivity index (χ0) is 14.7. The maximum atomic E-state index is 12.6. The van der Waals surface area contributed by atoms with Gasteiger partial charge < -0.3 is 4.74 Å². The van der Waals surface area contributed by atoms with Crippen molar-refractivity contribution in [3.8, 4) is 5.75 Å². The van der Waals surface area contributed by atoms with Crippen molar-refractivity contribution in [3.05, 3.63) is 63.6 Å². The lowest BCUT2D eigenvalue weighted by atomic mass is 9.99. The largest absolute Gasteiger partial charge is 0.491 e. The molecule has 2 rings (SSSR count). The molecule has 20 heavy (non-hydrogen) atoms. The number of hydrogen-bond acceptors (Lipinski definition) is 2. The fourth-order valence-electron chi connectivity index (χ4n) is 1.99. The molecule has 0 aliphatic heterocycles. The maximum Gasteiger partial charge on any atom is 0.193 e. The van der Waals surface area contributed by atoms with E-state index in [1.54, 1.807) is 6.07 Å². The number of rotatable bonds is 4. The molecule has 0 saturated heterocycles. The number of halogens is 1. The van der Waals surface area contributed by atoms with E-state index < -0.39 is 0 Å². The zero-order valence-electron chi connectivity index (χ0n) is 11.8. The number of benzene rings is 2. The van der Waals surface area contributed by atoms with Crippen LogP contribution in [-0.2, 0) is 0 Å². The van der Waals surface area contributed by atoms with E-state index in [2.05, 4.69) is 15.9 Å². The van der Waals surface area contributed by atoms with Crippen molar-refractivity contribution in [2.24, 2.45) is 0 Å². The smallest absolute Gasteiger partial charge is 0.193 e. The molecule has 0 atom stereocenters. The van der Waals surface area contributed by atoms with E-state index in [4.69, 9.17) is 4.74 Å². The molecule has 0 aliphatic carbocycles. The van der Waals surface area contributed by atoms with Crippen LogP contribution < -0.4 is 4.74 Å². The van der Waals surface area contributed by atoms with E-state index in [1.165, 1.54) is 0 Å². The minimum atomic E-state index is 0.0120. The Morgan fingerprint density at radius 2 is 1.85 bits per heavy atom. The second-order valence-corrected chi connectivity index (χ2v) is 5.79. The zero-order valence-corrected chi connectivity index (χ0v) is 13.4. The molecule has 0 N–H and O–H groups in total. The molecule has 0 aromatic heterocycles. The van der Waals surface area contributed by atoms with Crippen molar-refractivity contribution >= 4 is 21.7 Å². The quantitative estimate of drug-likeness (QED) is 0.753. The van der Waals surface area contributed by atoms with Gasteiger partial charge in [0.15, 0.2) is 5.78 Å². The van der Waals surface area contributed by atoms with E-state index in [1.807, 2.05) is 57.2 Å². The molecule has 0 aliphatic rings. The van der Waals surface area contributed by atoms with Crippen LogP contribution >= 0.6 is 15.9 Å². The molecule has 3 heteroatoms. The van der Waals surface area contributed by atoms with Gasteiger partial charge in [-0.1, -0.05) is 40.2 Å². The van der Waals surface area contributed by atoms with Crippen LogP contribution in [0.25, 0.3) is 0 Å². The predicted molar refractivity (Wildman–Crippen MR) is 84.5 cm³/mol. The molecule has 0 saturated carbocycles. The summed E-state index contributed by atoms with van der Waals surface area (Å²) in [7, 11) is 0. The van der Waals surface area contributed by atoms with Gasteiger partial charge in [-0.05, 0) is 44.5 Å². The van der Waals surface area contributed by atoms with E-state index in [9.17, 15) is 4.79 Å². The van der Waals surface area contributed by atoms with Gasteiger partial charge >= 0.3 is 0 Å². The van der Waals surface area contributed by atoms with E-state index in [-0.39, 0.29) is 11.9 Å². The lowest BCUT2D eigenvalue weighted by Crippen LogP contribution is -2.08. The van der Waals surface area contributed by atoms with Crippen LogP contribution in [0.15, 0.2) is 46.9 Å². The third kappa shape index (κ3) is 3.28. The van der Waals surface area contributed by atoms with Gasteiger partial charge in [0, 0.05) is 15.6 Å². The van der Waals surface area contributed by atoms with Crippen LogP contribution in [0.2, 0.25) is 0 Å². The molecular formula is C17H17BrO2. The lowest BCUT2D eigenvalue weighted by molar-refractivity contribution is 0.103. The summed E-state index contributed by atoms with van der Waals surface area (Å²) in [6, 6.07) is 13.0. The normalized spacial score (nSPS) is 10.7. The van der Waals surface area contributed by atoms with Crippen molar-refractivity contribution in [1.82, 2.24) is 0 Å². The molecule has 0 fully saturated rings. The number of ether oxygens (including phenoxy) is 1. The number of carbonyl (C=O) groups excluding carboxylic acids is 1. The van der Waals surface area contributed by atoms with Gasteiger partial charge in [0.1, 0.15) is 5.75 Å². The van der Waals surface area contributed by atoms with Gasteiger partial charge in [-0.2, -0.15) is 0 Å². The van der Waals surface area contributed by atoms with Crippen molar-refractivity contribution in [2.75, 3.05) is 0 Å². The van der Waals surface area contributed by atoms with Gasteiger partial charge in [0.05, 0.1) is 6.10 Å². The first-order valence-corrected chi connectivity index (χ1v) is 7.35. The number of hydrogen-bond donors (Lipinski definition) is 0. The molecule has 2 aromatic carbocycles. The van der Waals surface area contributed by atoms with Gasteiger partial charge in [-0.3, -0.25) is 4.79 Å². The molecule has 0 bridgehead atoms. The first-order chi connectivity index (χ1) is 9.49. The molecule has 0 unspecified atom stereocenters. The van der Waals surface area contributed by atoms with Gasteiger partial charge in [0.2, 0.25) is 0 Å². The summed E-state index contributed by atoms with van der Waals surface area (Å²) in [5, 5.41) is 0. The molecule has 0 amide bonds. The second-order valence-electron chi connectivity index (χ2n) is 4.94. The standard InChI is InChI=1S/C17H17BrO2/c1-11(2)20-14-7-4-6-13(10-14)17(19)15-8-5-9-16(18)12(15)3/h4-11H,1-3H3. The summed E-state index contributed by atoms with van der Waals surface area (Å²) in [5.74, 6) is 0.733. The average molecular weight is 333 g/mol. The molecule has 0 radical (unpaired) electrons. The average Bonchev–Trinajstić information content (AvgIpc) is 2.41. The summed E-state index contributed by atoms with van der Waals surface area (Å²) in [6.07, 6.45) is 0.0907. The Labute approximate surface area is 127 Å². The topological polar surface area (TPSA) is 26.3 Å². The van der Waals surface area contributed by atoms with Crippen LogP contribution in [0.1, 0.15) is 35.3 Å². The monoisotopic (exact) mass is 332 g/mol. The Balaban J connectivity index is 2.36. The van der Waals surface area contributed by atoms with Crippen molar-refractivity contribution in [1.29, 1.82) is 0 Å². The first kappa shape index (κ1) is 14.8. The second kappa shape index (κ2) is 6.23. The fourth-order valence-corrected chi connectivity index (χ4v) is 2.36. The summed E-state index contributed by atoms with van der Waals surface area (Å²) in [5.41, 5.74) is 2.30. The fraction of sp³-hybridized carbons (Fsp3) is 0.235. The molecule has 0 spiro atoms. The Bertz CT molecular complexity index is 633. The predicted octanol–water partition coefficient (Wildman–Crippen LogP) is 4.78. The molecular weight excluding hydrogens is 316 g/mol. The van der Waals surface area contributed by atoms with Crippen molar-refractivity contribution in [3.63, 3.8) is 0 Å². The third-order valence-electron chi connectivity index (χ3n) is 2.98. The van der Waals surface area contributed by atoms with Crippen molar-refractivity contribution < 1.29 is 9.53 Å². The summed E-state index contributed by atoms with van der Waals surface area (Å²) < 4.78 is 6.58. The first-order valence-electron chi connectivity index (χ1n) is 6.55. The van der Waals surface area contributed by atoms with Gasteiger partial charge in [-0.25, -0.2) is 0 Å². The lowest BCUT2D eigenvalue weighted by Gasteiger charge is -2.11. The van der Waals surface area contributed by atoms with Crippen LogP contribution in [0.4, 0.5) is 0 Å².